The highest BCUT2D eigenvalue weighted by molar-refractivity contribution is 14.0. The molecule has 1 saturated carbocycles. The highest BCUT2D eigenvalue weighted by Gasteiger charge is 2.39. The predicted octanol–water partition coefficient (Wildman–Crippen LogP) is 4.10. The second-order valence-electron chi connectivity index (χ2n) is 9.45. The highest BCUT2D eigenvalue weighted by atomic mass is 127. The first-order valence-electron chi connectivity index (χ1n) is 12.3. The molecular weight excluding hydrogens is 515 g/mol. The number of nitrogens with one attached hydrogen (secondary N) is 2. The molecule has 2 N–H and O–H groups in total. The minimum absolute atomic E-state index is 0. The molecule has 7 heteroatoms. The largest absolute Gasteiger partial charge is 0.493 e. The second-order valence-corrected chi connectivity index (χ2v) is 9.45. The number of benzene rings is 1. The summed E-state index contributed by atoms with van der Waals surface area (Å²) in [5.74, 6) is 2.63. The van der Waals surface area contributed by atoms with Gasteiger partial charge in [0.05, 0.1) is 13.2 Å². The van der Waals surface area contributed by atoms with Crippen LogP contribution in [-0.4, -0.2) is 62.4 Å². The Hall–Kier alpha value is -1.06. The van der Waals surface area contributed by atoms with Crippen LogP contribution in [-0.2, 0) is 11.3 Å². The molecular formula is C25H41IN4O2. The fourth-order valence-corrected chi connectivity index (χ4v) is 4.72. The van der Waals surface area contributed by atoms with Gasteiger partial charge in [-0.1, -0.05) is 12.1 Å². The number of hydrogen-bond acceptors (Lipinski definition) is 4. The summed E-state index contributed by atoms with van der Waals surface area (Å²) in [6.45, 7) is 11.6. The van der Waals surface area contributed by atoms with Crippen molar-refractivity contribution in [3.63, 3.8) is 0 Å². The third kappa shape index (κ3) is 6.97. The fourth-order valence-electron chi connectivity index (χ4n) is 4.72. The average Bonchev–Trinajstić information content (AvgIpc) is 3.45. The maximum absolute atomic E-state index is 6.14. The first-order chi connectivity index (χ1) is 15.2. The van der Waals surface area contributed by atoms with Crippen LogP contribution in [0.25, 0.3) is 0 Å². The van der Waals surface area contributed by atoms with Gasteiger partial charge in [0, 0.05) is 37.4 Å². The van der Waals surface area contributed by atoms with Crippen molar-refractivity contribution in [3.8, 4) is 5.75 Å². The van der Waals surface area contributed by atoms with Crippen LogP contribution in [0.3, 0.4) is 0 Å². The second kappa shape index (κ2) is 12.4. The Labute approximate surface area is 210 Å². The maximum Gasteiger partial charge on any atom is 0.191 e. The van der Waals surface area contributed by atoms with Crippen LogP contribution in [0, 0.1) is 12.8 Å². The monoisotopic (exact) mass is 556 g/mol. The summed E-state index contributed by atoms with van der Waals surface area (Å²) in [4.78, 5) is 7.61. The molecule has 0 aromatic heterocycles. The lowest BCUT2D eigenvalue weighted by Gasteiger charge is -2.45. The van der Waals surface area contributed by atoms with Crippen molar-refractivity contribution in [2.24, 2.45) is 10.9 Å². The van der Waals surface area contributed by atoms with E-state index in [0.717, 1.165) is 68.9 Å². The van der Waals surface area contributed by atoms with Crippen LogP contribution in [0.4, 0.5) is 0 Å². The SMILES string of the molecule is CCNC(=NCc1ccc(C)cc1OCC1CC1)NCC1(N2CCCC2)CCOCC1.I. The number of nitrogens with zero attached hydrogens (tertiary/aromatic N) is 2. The average molecular weight is 557 g/mol. The van der Waals surface area contributed by atoms with Gasteiger partial charge < -0.3 is 20.1 Å². The summed E-state index contributed by atoms with van der Waals surface area (Å²) in [7, 11) is 0. The summed E-state index contributed by atoms with van der Waals surface area (Å²) in [6, 6.07) is 6.46. The van der Waals surface area contributed by atoms with Crippen LogP contribution in [0.2, 0.25) is 0 Å². The van der Waals surface area contributed by atoms with Gasteiger partial charge in [0.15, 0.2) is 5.96 Å². The van der Waals surface area contributed by atoms with Crippen molar-refractivity contribution in [2.75, 3.05) is 46.0 Å². The molecule has 32 heavy (non-hydrogen) atoms. The van der Waals surface area contributed by atoms with Crippen LogP contribution in [0.5, 0.6) is 5.75 Å². The van der Waals surface area contributed by atoms with Crippen molar-refractivity contribution in [3.05, 3.63) is 29.3 Å². The van der Waals surface area contributed by atoms with E-state index in [1.54, 1.807) is 0 Å². The predicted molar refractivity (Wildman–Crippen MR) is 141 cm³/mol. The molecule has 0 unspecified atom stereocenters. The topological polar surface area (TPSA) is 58.1 Å². The molecule has 0 atom stereocenters. The zero-order valence-electron chi connectivity index (χ0n) is 19.8. The molecule has 0 amide bonds. The Balaban J connectivity index is 0.00000289. The molecule has 2 aliphatic heterocycles. The van der Waals surface area contributed by atoms with Crippen LogP contribution in [0.15, 0.2) is 23.2 Å². The van der Waals surface area contributed by atoms with Gasteiger partial charge in [-0.3, -0.25) is 4.90 Å². The number of rotatable bonds is 9. The third-order valence-electron chi connectivity index (χ3n) is 6.93. The highest BCUT2D eigenvalue weighted by Crippen LogP contribution is 2.32. The Morgan fingerprint density at radius 1 is 1.19 bits per heavy atom. The van der Waals surface area contributed by atoms with E-state index in [1.165, 1.54) is 44.3 Å². The van der Waals surface area contributed by atoms with E-state index in [4.69, 9.17) is 14.5 Å². The number of aryl methyl sites for hydroxylation is 1. The van der Waals surface area contributed by atoms with Gasteiger partial charge in [0.25, 0.3) is 0 Å². The van der Waals surface area contributed by atoms with E-state index in [9.17, 15) is 0 Å². The molecule has 3 fully saturated rings. The number of guanidine groups is 1. The number of ether oxygens (including phenoxy) is 2. The van der Waals surface area contributed by atoms with Gasteiger partial charge in [-0.15, -0.1) is 24.0 Å². The molecule has 180 valence electrons. The van der Waals surface area contributed by atoms with E-state index >= 15 is 0 Å². The van der Waals surface area contributed by atoms with Gasteiger partial charge in [0.2, 0.25) is 0 Å². The van der Waals surface area contributed by atoms with Crippen molar-refractivity contribution in [1.82, 2.24) is 15.5 Å². The van der Waals surface area contributed by atoms with Crippen molar-refractivity contribution in [2.45, 2.75) is 64.5 Å². The molecule has 0 bridgehead atoms. The van der Waals surface area contributed by atoms with Crippen molar-refractivity contribution >= 4 is 29.9 Å². The van der Waals surface area contributed by atoms with Gasteiger partial charge in [-0.25, -0.2) is 4.99 Å². The van der Waals surface area contributed by atoms with Crippen molar-refractivity contribution < 1.29 is 9.47 Å². The summed E-state index contributed by atoms with van der Waals surface area (Å²) >= 11 is 0. The minimum atomic E-state index is 0. The lowest BCUT2D eigenvalue weighted by atomic mass is 9.88. The summed E-state index contributed by atoms with van der Waals surface area (Å²) < 4.78 is 11.8. The molecule has 2 saturated heterocycles. The maximum atomic E-state index is 6.14. The number of aliphatic imine (C=N–C) groups is 1. The zero-order valence-corrected chi connectivity index (χ0v) is 22.2. The van der Waals surface area contributed by atoms with Gasteiger partial charge in [-0.05, 0) is 83.0 Å². The molecule has 2 heterocycles. The summed E-state index contributed by atoms with van der Waals surface area (Å²) in [5, 5.41) is 7.11. The first kappa shape index (κ1) is 25.6. The van der Waals surface area contributed by atoms with E-state index < -0.39 is 0 Å². The smallest absolute Gasteiger partial charge is 0.191 e. The zero-order chi connectivity index (χ0) is 21.5. The Morgan fingerprint density at radius 2 is 1.94 bits per heavy atom. The molecule has 1 aromatic carbocycles. The molecule has 6 nitrogen and oxygen atoms in total. The molecule has 1 aliphatic carbocycles. The van der Waals surface area contributed by atoms with Gasteiger partial charge >= 0.3 is 0 Å². The van der Waals surface area contributed by atoms with Gasteiger partial charge in [0.1, 0.15) is 5.75 Å². The first-order valence-corrected chi connectivity index (χ1v) is 12.3. The van der Waals surface area contributed by atoms with Crippen molar-refractivity contribution in [1.29, 1.82) is 0 Å². The molecule has 1 aromatic rings. The van der Waals surface area contributed by atoms with E-state index in [1.807, 2.05) is 0 Å². The lowest BCUT2D eigenvalue weighted by molar-refractivity contribution is -0.0164. The molecule has 3 aliphatic rings. The minimum Gasteiger partial charge on any atom is -0.493 e. The molecule has 0 radical (unpaired) electrons. The lowest BCUT2D eigenvalue weighted by Crippen LogP contribution is -2.58. The van der Waals surface area contributed by atoms with E-state index in [2.05, 4.69) is 47.6 Å². The summed E-state index contributed by atoms with van der Waals surface area (Å²) in [6.07, 6.45) is 7.42. The quantitative estimate of drug-likeness (QED) is 0.273. The Morgan fingerprint density at radius 3 is 2.62 bits per heavy atom. The Kier molecular flexibility index (Phi) is 9.92. The van der Waals surface area contributed by atoms with Crippen LogP contribution in [0.1, 0.15) is 56.6 Å². The number of hydrogen-bond donors (Lipinski definition) is 2. The third-order valence-corrected chi connectivity index (χ3v) is 6.93. The molecule has 0 spiro atoms. The van der Waals surface area contributed by atoms with Crippen LogP contribution >= 0.6 is 24.0 Å². The van der Waals surface area contributed by atoms with E-state index in [0.29, 0.717) is 6.54 Å². The number of likely N-dealkylation sites (tertiary alicyclic amines) is 1. The number of halogens is 1. The molecule has 4 rings (SSSR count). The Bertz CT molecular complexity index is 741. The van der Waals surface area contributed by atoms with Gasteiger partial charge in [-0.2, -0.15) is 0 Å². The fraction of sp³-hybridized carbons (Fsp3) is 0.720. The van der Waals surface area contributed by atoms with E-state index in [-0.39, 0.29) is 29.5 Å². The standard InChI is InChI=1S/C25H40N4O2.HI/c1-3-26-24(28-19-25(10-14-30-15-11-25)29-12-4-5-13-29)27-17-22-9-6-20(2)16-23(22)31-18-21-7-8-21;/h6,9,16,21H,3-5,7-8,10-15,17-19H2,1-2H3,(H2,26,27,28);1H. The summed E-state index contributed by atoms with van der Waals surface area (Å²) in [5.41, 5.74) is 2.58. The van der Waals surface area contributed by atoms with Crippen LogP contribution < -0.4 is 15.4 Å². The normalized spacial score (nSPS) is 21.1.